The van der Waals surface area contributed by atoms with E-state index < -0.39 is 97.5 Å². The number of aliphatic hydroxyl groups excluding tert-OH is 1. The number of unbranched alkanes of at least 4 members (excludes halogenated alkanes) is 44. The Bertz CT molecular complexity index is 2090. The molecule has 0 aromatic heterocycles. The zero-order valence-electron chi connectivity index (χ0n) is 67.3. The Morgan fingerprint density at radius 3 is 0.864 bits per heavy atom. The summed E-state index contributed by atoms with van der Waals surface area (Å²) in [6.07, 6.45) is 66.2. The number of carbonyl (C=O) groups is 4. The van der Waals surface area contributed by atoms with Crippen molar-refractivity contribution in [2.45, 2.75) is 433 Å². The first-order valence-corrected chi connectivity index (χ1v) is 45.7. The first-order valence-electron chi connectivity index (χ1n) is 42.7. The second-order valence-electron chi connectivity index (χ2n) is 30.7. The van der Waals surface area contributed by atoms with Crippen LogP contribution in [0.5, 0.6) is 0 Å². The number of phosphoric ester groups is 2. The summed E-state index contributed by atoms with van der Waals surface area (Å²) in [5, 5.41) is 10.7. The van der Waals surface area contributed by atoms with Gasteiger partial charge in [-0.25, -0.2) is 9.13 Å². The Kier molecular flexibility index (Phi) is 71.9. The number of hydrogen-bond donors (Lipinski definition) is 3. The van der Waals surface area contributed by atoms with Crippen LogP contribution in [0.3, 0.4) is 0 Å². The van der Waals surface area contributed by atoms with Crippen LogP contribution in [0.1, 0.15) is 414 Å². The molecule has 3 N–H and O–H groups in total. The predicted molar refractivity (Wildman–Crippen MR) is 423 cm³/mol. The van der Waals surface area contributed by atoms with Gasteiger partial charge in [0.2, 0.25) is 0 Å². The molecule has 0 bridgehead atoms. The maximum Gasteiger partial charge on any atom is 0.472 e. The summed E-state index contributed by atoms with van der Waals surface area (Å²) < 4.78 is 68.7. The second kappa shape index (κ2) is 73.7. The molecular weight excluding hydrogens is 1340 g/mol. The summed E-state index contributed by atoms with van der Waals surface area (Å²) in [7, 11) is -9.94. The Hall–Kier alpha value is -2.46. The smallest absolute Gasteiger partial charge is 0.462 e. The fraction of sp³-hybridized carbons (Fsp3) is 0.905. The molecule has 6 atom stereocenters. The summed E-state index contributed by atoms with van der Waals surface area (Å²) in [4.78, 5) is 73.1. The molecule has 3 unspecified atom stereocenters. The van der Waals surface area contributed by atoms with Gasteiger partial charge in [0, 0.05) is 25.7 Å². The first-order chi connectivity index (χ1) is 49.8. The number of aliphatic hydroxyl groups is 1. The zero-order chi connectivity index (χ0) is 75.8. The van der Waals surface area contributed by atoms with E-state index in [1.54, 1.807) is 0 Å². The van der Waals surface area contributed by atoms with Crippen molar-refractivity contribution in [3.8, 4) is 0 Å². The van der Waals surface area contributed by atoms with Crippen molar-refractivity contribution >= 4 is 39.5 Å². The minimum atomic E-state index is -4.97. The molecule has 0 spiro atoms. The van der Waals surface area contributed by atoms with Gasteiger partial charge in [-0.3, -0.25) is 37.3 Å². The fourth-order valence-electron chi connectivity index (χ4n) is 12.4. The Labute approximate surface area is 631 Å². The SMILES string of the molecule is CCCCCC/C=C\C=C/CCCCCCCC(=O)OC[C@H](COP(=O)(O)OC[C@@H](O)COP(=O)(O)OC[C@@H](COC(=O)CCCCCCCCC(C)C)OC(=O)CCCCCCCCCCCCCCCCC(C)CC)OC(=O)CCCCCCCCCCCCCCCCCCCCC(C)C. The van der Waals surface area contributed by atoms with Crippen LogP contribution in [0.2, 0.25) is 0 Å². The molecule has 0 fully saturated rings. The first kappa shape index (κ1) is 101. The van der Waals surface area contributed by atoms with Crippen LogP contribution in [0.4, 0.5) is 0 Å². The lowest BCUT2D eigenvalue weighted by Crippen LogP contribution is -2.30. The van der Waals surface area contributed by atoms with Gasteiger partial charge in [-0.15, -0.1) is 0 Å². The number of ether oxygens (including phenoxy) is 4. The maximum atomic E-state index is 13.1. The molecule has 0 heterocycles. The van der Waals surface area contributed by atoms with Crippen LogP contribution >= 0.6 is 15.6 Å². The maximum absolute atomic E-state index is 13.1. The van der Waals surface area contributed by atoms with E-state index in [9.17, 15) is 43.2 Å². The third-order valence-corrected chi connectivity index (χ3v) is 21.3. The topological polar surface area (TPSA) is 237 Å². The molecule has 608 valence electrons. The largest absolute Gasteiger partial charge is 0.472 e. The van der Waals surface area contributed by atoms with E-state index in [4.69, 9.17) is 37.0 Å². The third kappa shape index (κ3) is 76.1. The number of hydrogen-bond acceptors (Lipinski definition) is 15. The molecule has 19 heteroatoms. The third-order valence-electron chi connectivity index (χ3n) is 19.4. The lowest BCUT2D eigenvalue weighted by atomic mass is 9.99. The van der Waals surface area contributed by atoms with Gasteiger partial charge < -0.3 is 33.8 Å². The average Bonchev–Trinajstić information content (AvgIpc) is 0.922. The zero-order valence-corrected chi connectivity index (χ0v) is 69.1. The van der Waals surface area contributed by atoms with Crippen LogP contribution < -0.4 is 0 Å². The van der Waals surface area contributed by atoms with Crippen molar-refractivity contribution in [1.82, 2.24) is 0 Å². The van der Waals surface area contributed by atoms with Gasteiger partial charge in [0.15, 0.2) is 12.2 Å². The summed E-state index contributed by atoms with van der Waals surface area (Å²) in [6.45, 7) is 11.9. The van der Waals surface area contributed by atoms with E-state index in [1.165, 1.54) is 199 Å². The van der Waals surface area contributed by atoms with Crippen molar-refractivity contribution in [1.29, 1.82) is 0 Å². The van der Waals surface area contributed by atoms with Gasteiger partial charge in [-0.1, -0.05) is 362 Å². The van der Waals surface area contributed by atoms with Gasteiger partial charge >= 0.3 is 39.5 Å². The van der Waals surface area contributed by atoms with E-state index >= 15 is 0 Å². The molecule has 0 saturated carbocycles. The van der Waals surface area contributed by atoms with Gasteiger partial charge in [0.1, 0.15) is 19.3 Å². The van der Waals surface area contributed by atoms with Gasteiger partial charge in [-0.2, -0.15) is 0 Å². The predicted octanol–water partition coefficient (Wildman–Crippen LogP) is 24.9. The van der Waals surface area contributed by atoms with E-state index in [0.29, 0.717) is 31.6 Å². The highest BCUT2D eigenvalue weighted by molar-refractivity contribution is 7.47. The molecule has 0 aliphatic rings. The van der Waals surface area contributed by atoms with Crippen LogP contribution in [-0.2, 0) is 65.4 Å². The molecule has 103 heavy (non-hydrogen) atoms. The minimum Gasteiger partial charge on any atom is -0.462 e. The molecule has 0 aliphatic carbocycles. The molecule has 0 aromatic carbocycles. The van der Waals surface area contributed by atoms with Crippen LogP contribution in [-0.4, -0.2) is 96.7 Å². The van der Waals surface area contributed by atoms with Crippen LogP contribution in [0.25, 0.3) is 0 Å². The van der Waals surface area contributed by atoms with Gasteiger partial charge in [-0.05, 0) is 69.1 Å². The molecule has 0 aromatic rings. The number of phosphoric acid groups is 2. The fourth-order valence-corrected chi connectivity index (χ4v) is 14.0. The van der Waals surface area contributed by atoms with Crippen LogP contribution in [0, 0.1) is 17.8 Å². The van der Waals surface area contributed by atoms with Crippen LogP contribution in [0.15, 0.2) is 24.3 Å². The van der Waals surface area contributed by atoms with E-state index in [1.807, 2.05) is 0 Å². The Morgan fingerprint density at radius 1 is 0.320 bits per heavy atom. The summed E-state index contributed by atoms with van der Waals surface area (Å²) in [5.74, 6) is 0.201. The minimum absolute atomic E-state index is 0.101. The highest BCUT2D eigenvalue weighted by atomic mass is 31.2. The Balaban J connectivity index is 5.24. The lowest BCUT2D eigenvalue weighted by molar-refractivity contribution is -0.161. The molecule has 0 radical (unpaired) electrons. The molecule has 0 amide bonds. The van der Waals surface area contributed by atoms with Gasteiger partial charge in [0.05, 0.1) is 26.4 Å². The van der Waals surface area contributed by atoms with Crippen molar-refractivity contribution in [3.63, 3.8) is 0 Å². The van der Waals surface area contributed by atoms with Crippen molar-refractivity contribution in [3.05, 3.63) is 24.3 Å². The highest BCUT2D eigenvalue weighted by Crippen LogP contribution is 2.45. The molecule has 0 saturated heterocycles. The molecular formula is C84H160O17P2. The highest BCUT2D eigenvalue weighted by Gasteiger charge is 2.30. The number of esters is 4. The second-order valence-corrected chi connectivity index (χ2v) is 33.6. The summed E-state index contributed by atoms with van der Waals surface area (Å²) >= 11 is 0. The Morgan fingerprint density at radius 2 is 0.573 bits per heavy atom. The average molecular weight is 1500 g/mol. The summed E-state index contributed by atoms with van der Waals surface area (Å²) in [5.41, 5.74) is 0. The normalized spacial score (nSPS) is 14.3. The van der Waals surface area contributed by atoms with Crippen molar-refractivity contribution in [2.24, 2.45) is 17.8 Å². The molecule has 0 aliphatic heterocycles. The number of rotatable bonds is 80. The van der Waals surface area contributed by atoms with Crippen molar-refractivity contribution in [2.75, 3.05) is 39.6 Å². The summed E-state index contributed by atoms with van der Waals surface area (Å²) in [6, 6.07) is 0. The monoisotopic (exact) mass is 1500 g/mol. The van der Waals surface area contributed by atoms with E-state index in [2.05, 4.69) is 72.8 Å². The lowest BCUT2D eigenvalue weighted by Gasteiger charge is -2.21. The molecule has 17 nitrogen and oxygen atoms in total. The van der Waals surface area contributed by atoms with Gasteiger partial charge in [0.25, 0.3) is 0 Å². The number of allylic oxidation sites excluding steroid dienone is 4. The molecule has 0 rings (SSSR count). The van der Waals surface area contributed by atoms with E-state index in [0.717, 1.165) is 127 Å². The van der Waals surface area contributed by atoms with Crippen molar-refractivity contribution < 1.29 is 80.2 Å². The quantitative estimate of drug-likeness (QED) is 0.0169. The number of carbonyl (C=O) groups excluding carboxylic acids is 4. The van der Waals surface area contributed by atoms with E-state index in [-0.39, 0.29) is 25.7 Å². The standard InChI is InChI=1S/C84H160O17P2/c1-8-10-11-12-13-14-15-16-21-28-33-38-43-51-58-65-81(86)94-71-79(100-83(88)67-60-53-44-39-34-29-23-20-18-17-19-22-26-31-36-41-48-55-62-75(3)4)73-98-102(90,91)96-69-78(85)70-97-103(92,93)99-74-80(72-95-82(87)66-59-52-47-46-49-56-63-76(5)6)101-84(89)68-61-54-45-40-35-30-25-24-27-32-37-42-50-57-64-77(7)9-2/h14-16,21,75-80,85H,8-13,17-20,22-74H2,1-7H3,(H,90,91)(H,92,93)/b15-14-,21-16-/t77?,78-,79-,80-/m1/s1.